The van der Waals surface area contributed by atoms with Crippen LogP contribution in [0.15, 0.2) is 36.2 Å². The zero-order valence-electron chi connectivity index (χ0n) is 9.16. The van der Waals surface area contributed by atoms with Gasteiger partial charge in [-0.3, -0.25) is 9.78 Å². The zero-order chi connectivity index (χ0) is 11.1. The SMILES string of the molecule is CCC=C(C)C(=O)NCc1ccncc1. The summed E-state index contributed by atoms with van der Waals surface area (Å²) in [6.07, 6.45) is 6.24. The Morgan fingerprint density at radius 2 is 2.13 bits per heavy atom. The van der Waals surface area contributed by atoms with Crippen LogP contribution in [0, 0.1) is 0 Å². The van der Waals surface area contributed by atoms with Crippen molar-refractivity contribution in [3.63, 3.8) is 0 Å². The highest BCUT2D eigenvalue weighted by Crippen LogP contribution is 1.98. The van der Waals surface area contributed by atoms with Gasteiger partial charge in [0.05, 0.1) is 0 Å². The first kappa shape index (κ1) is 11.4. The summed E-state index contributed by atoms with van der Waals surface area (Å²) >= 11 is 0. The minimum Gasteiger partial charge on any atom is -0.348 e. The molecule has 0 bridgehead atoms. The van der Waals surface area contributed by atoms with Crippen LogP contribution >= 0.6 is 0 Å². The summed E-state index contributed by atoms with van der Waals surface area (Å²) in [6.45, 7) is 4.39. The fourth-order valence-corrected chi connectivity index (χ4v) is 1.22. The number of nitrogens with zero attached hydrogens (tertiary/aromatic N) is 1. The Balaban J connectivity index is 2.45. The van der Waals surface area contributed by atoms with Crippen LogP contribution in [0.25, 0.3) is 0 Å². The molecule has 0 aromatic carbocycles. The molecule has 0 fully saturated rings. The first-order valence-corrected chi connectivity index (χ1v) is 5.08. The summed E-state index contributed by atoms with van der Waals surface area (Å²) in [6, 6.07) is 3.78. The standard InChI is InChI=1S/C12H16N2O/c1-3-4-10(2)12(15)14-9-11-5-7-13-8-6-11/h4-8H,3,9H2,1-2H3,(H,14,15). The number of pyridine rings is 1. The Labute approximate surface area is 90.2 Å². The van der Waals surface area contributed by atoms with Crippen LogP contribution in [-0.4, -0.2) is 10.9 Å². The first-order chi connectivity index (χ1) is 7.24. The van der Waals surface area contributed by atoms with Crippen molar-refractivity contribution in [2.75, 3.05) is 0 Å². The van der Waals surface area contributed by atoms with Crippen molar-refractivity contribution in [2.24, 2.45) is 0 Å². The van der Waals surface area contributed by atoms with Gasteiger partial charge < -0.3 is 5.32 Å². The molecular formula is C12H16N2O. The van der Waals surface area contributed by atoms with E-state index in [2.05, 4.69) is 10.3 Å². The van der Waals surface area contributed by atoms with E-state index in [1.54, 1.807) is 12.4 Å². The van der Waals surface area contributed by atoms with Crippen LogP contribution in [0.2, 0.25) is 0 Å². The molecule has 80 valence electrons. The van der Waals surface area contributed by atoms with Crippen LogP contribution < -0.4 is 5.32 Å². The highest BCUT2D eigenvalue weighted by molar-refractivity contribution is 5.92. The lowest BCUT2D eigenvalue weighted by atomic mass is 10.2. The lowest BCUT2D eigenvalue weighted by molar-refractivity contribution is -0.117. The molecule has 0 aliphatic carbocycles. The molecule has 0 aliphatic rings. The Bertz CT molecular complexity index is 344. The Kier molecular flexibility index (Phi) is 4.54. The molecule has 1 rings (SSSR count). The third-order valence-electron chi connectivity index (χ3n) is 2.07. The quantitative estimate of drug-likeness (QED) is 0.763. The molecule has 0 unspecified atom stereocenters. The van der Waals surface area contributed by atoms with E-state index in [1.165, 1.54) is 0 Å². The van der Waals surface area contributed by atoms with Gasteiger partial charge in [-0.15, -0.1) is 0 Å². The number of aromatic nitrogens is 1. The third-order valence-corrected chi connectivity index (χ3v) is 2.07. The molecule has 15 heavy (non-hydrogen) atoms. The average Bonchev–Trinajstić information content (AvgIpc) is 2.27. The monoisotopic (exact) mass is 204 g/mol. The van der Waals surface area contributed by atoms with E-state index in [0.717, 1.165) is 17.6 Å². The van der Waals surface area contributed by atoms with Gasteiger partial charge in [-0.05, 0) is 31.0 Å². The van der Waals surface area contributed by atoms with Gasteiger partial charge in [0.2, 0.25) is 5.91 Å². The Morgan fingerprint density at radius 1 is 1.47 bits per heavy atom. The van der Waals surface area contributed by atoms with Gasteiger partial charge in [0.1, 0.15) is 0 Å². The van der Waals surface area contributed by atoms with Crippen LogP contribution in [0.4, 0.5) is 0 Å². The average molecular weight is 204 g/mol. The van der Waals surface area contributed by atoms with Gasteiger partial charge in [-0.2, -0.15) is 0 Å². The molecule has 0 radical (unpaired) electrons. The number of carbonyl (C=O) groups excluding carboxylic acids is 1. The highest BCUT2D eigenvalue weighted by Gasteiger charge is 2.02. The second-order valence-corrected chi connectivity index (χ2v) is 3.33. The largest absolute Gasteiger partial charge is 0.348 e. The second-order valence-electron chi connectivity index (χ2n) is 3.33. The predicted molar refractivity (Wildman–Crippen MR) is 60.1 cm³/mol. The highest BCUT2D eigenvalue weighted by atomic mass is 16.1. The van der Waals surface area contributed by atoms with Crippen molar-refractivity contribution in [1.82, 2.24) is 10.3 Å². The summed E-state index contributed by atoms with van der Waals surface area (Å²) in [4.78, 5) is 15.4. The Morgan fingerprint density at radius 3 is 2.73 bits per heavy atom. The minimum absolute atomic E-state index is 0.00587. The van der Waals surface area contributed by atoms with E-state index in [1.807, 2.05) is 32.1 Å². The van der Waals surface area contributed by atoms with Crippen molar-refractivity contribution in [1.29, 1.82) is 0 Å². The maximum Gasteiger partial charge on any atom is 0.246 e. The summed E-state index contributed by atoms with van der Waals surface area (Å²) in [5, 5.41) is 2.85. The van der Waals surface area contributed by atoms with Crippen LogP contribution in [0.1, 0.15) is 25.8 Å². The molecule has 1 aromatic heterocycles. The number of amides is 1. The van der Waals surface area contributed by atoms with Crippen molar-refractivity contribution in [3.05, 3.63) is 41.7 Å². The number of allylic oxidation sites excluding steroid dienone is 1. The van der Waals surface area contributed by atoms with Gasteiger partial charge >= 0.3 is 0 Å². The molecule has 1 amide bonds. The van der Waals surface area contributed by atoms with E-state index in [4.69, 9.17) is 0 Å². The maximum atomic E-state index is 11.5. The second kappa shape index (κ2) is 5.96. The van der Waals surface area contributed by atoms with Crippen LogP contribution in [0.5, 0.6) is 0 Å². The van der Waals surface area contributed by atoms with Crippen molar-refractivity contribution in [2.45, 2.75) is 26.8 Å². The van der Waals surface area contributed by atoms with Gasteiger partial charge in [0.25, 0.3) is 0 Å². The van der Waals surface area contributed by atoms with Crippen LogP contribution in [-0.2, 0) is 11.3 Å². The molecule has 0 aliphatic heterocycles. The number of hydrogen-bond acceptors (Lipinski definition) is 2. The Hall–Kier alpha value is -1.64. The molecular weight excluding hydrogens is 188 g/mol. The molecule has 1 aromatic rings. The molecule has 0 spiro atoms. The number of hydrogen-bond donors (Lipinski definition) is 1. The number of carbonyl (C=O) groups is 1. The molecule has 3 heteroatoms. The van der Waals surface area contributed by atoms with Crippen molar-refractivity contribution < 1.29 is 4.79 Å². The lowest BCUT2D eigenvalue weighted by Crippen LogP contribution is -2.23. The van der Waals surface area contributed by atoms with E-state index < -0.39 is 0 Å². The van der Waals surface area contributed by atoms with Gasteiger partial charge in [0, 0.05) is 24.5 Å². The maximum absolute atomic E-state index is 11.5. The molecule has 1 heterocycles. The molecule has 0 saturated carbocycles. The normalized spacial score (nSPS) is 11.2. The third kappa shape index (κ3) is 3.94. The summed E-state index contributed by atoms with van der Waals surface area (Å²) in [5.74, 6) is -0.00587. The van der Waals surface area contributed by atoms with Crippen LogP contribution in [0.3, 0.4) is 0 Å². The lowest BCUT2D eigenvalue weighted by Gasteiger charge is -2.04. The number of nitrogens with one attached hydrogen (secondary N) is 1. The fourth-order valence-electron chi connectivity index (χ4n) is 1.22. The molecule has 1 N–H and O–H groups in total. The summed E-state index contributed by atoms with van der Waals surface area (Å²) < 4.78 is 0. The van der Waals surface area contributed by atoms with Crippen molar-refractivity contribution >= 4 is 5.91 Å². The van der Waals surface area contributed by atoms with Gasteiger partial charge in [0.15, 0.2) is 0 Å². The van der Waals surface area contributed by atoms with E-state index in [0.29, 0.717) is 6.54 Å². The van der Waals surface area contributed by atoms with Crippen molar-refractivity contribution in [3.8, 4) is 0 Å². The minimum atomic E-state index is -0.00587. The summed E-state index contributed by atoms with van der Waals surface area (Å²) in [5.41, 5.74) is 1.83. The molecule has 3 nitrogen and oxygen atoms in total. The fraction of sp³-hybridized carbons (Fsp3) is 0.333. The molecule has 0 saturated heterocycles. The van der Waals surface area contributed by atoms with Gasteiger partial charge in [-0.1, -0.05) is 13.0 Å². The van der Waals surface area contributed by atoms with Gasteiger partial charge in [-0.25, -0.2) is 0 Å². The molecule has 0 atom stereocenters. The zero-order valence-corrected chi connectivity index (χ0v) is 9.16. The smallest absolute Gasteiger partial charge is 0.246 e. The topological polar surface area (TPSA) is 42.0 Å². The van der Waals surface area contributed by atoms with E-state index in [-0.39, 0.29) is 5.91 Å². The first-order valence-electron chi connectivity index (χ1n) is 5.08. The van der Waals surface area contributed by atoms with E-state index in [9.17, 15) is 4.79 Å². The predicted octanol–water partition coefficient (Wildman–Crippen LogP) is 2.05. The summed E-state index contributed by atoms with van der Waals surface area (Å²) in [7, 11) is 0. The number of rotatable bonds is 4. The van der Waals surface area contributed by atoms with E-state index >= 15 is 0 Å².